The summed E-state index contributed by atoms with van der Waals surface area (Å²) < 4.78 is 9.27. The first-order valence-electron chi connectivity index (χ1n) is 18.7. The van der Waals surface area contributed by atoms with Crippen molar-refractivity contribution in [1.29, 1.82) is 0 Å². The summed E-state index contributed by atoms with van der Waals surface area (Å²) in [6.45, 7) is 0. The Hall–Kier alpha value is -6.94. The Labute approximate surface area is 322 Å². The minimum Gasteiger partial charge on any atom is -0.455 e. The first-order valence-corrected chi connectivity index (χ1v) is 19.5. The van der Waals surface area contributed by atoms with Gasteiger partial charge in [-0.15, -0.1) is 11.3 Å². The third-order valence-electron chi connectivity index (χ3n) is 10.9. The summed E-state index contributed by atoms with van der Waals surface area (Å²) in [6.07, 6.45) is 0. The van der Waals surface area contributed by atoms with E-state index in [1.165, 1.54) is 58.9 Å². The number of thiophene rings is 1. The lowest BCUT2D eigenvalue weighted by atomic mass is 9.91. The van der Waals surface area contributed by atoms with Gasteiger partial charge in [-0.05, 0) is 99.4 Å². The van der Waals surface area contributed by atoms with Gasteiger partial charge in [-0.2, -0.15) is 0 Å². The lowest BCUT2D eigenvalue weighted by molar-refractivity contribution is 0.672. The average Bonchev–Trinajstić information content (AvgIpc) is 3.84. The van der Waals surface area contributed by atoms with Gasteiger partial charge in [0.25, 0.3) is 0 Å². The Morgan fingerprint density at radius 1 is 0.382 bits per heavy atom. The summed E-state index contributed by atoms with van der Waals surface area (Å²) in [4.78, 5) is 2.40. The van der Waals surface area contributed by atoms with E-state index in [9.17, 15) is 0 Å². The highest BCUT2D eigenvalue weighted by atomic mass is 32.1. The van der Waals surface area contributed by atoms with E-state index in [0.29, 0.717) is 0 Å². The summed E-state index contributed by atoms with van der Waals surface area (Å²) >= 11 is 1.85. The molecule has 2 nitrogen and oxygen atoms in total. The van der Waals surface area contributed by atoms with Gasteiger partial charge in [0.1, 0.15) is 11.2 Å². The topological polar surface area (TPSA) is 16.4 Å². The average molecular weight is 720 g/mol. The van der Waals surface area contributed by atoms with Crippen LogP contribution in [0.4, 0.5) is 17.1 Å². The van der Waals surface area contributed by atoms with Crippen LogP contribution in [0.2, 0.25) is 0 Å². The monoisotopic (exact) mass is 719 g/mol. The number of fused-ring (bicyclic) bond motifs is 8. The molecule has 55 heavy (non-hydrogen) atoms. The van der Waals surface area contributed by atoms with E-state index in [1.54, 1.807) is 0 Å². The van der Waals surface area contributed by atoms with Gasteiger partial charge >= 0.3 is 0 Å². The number of hydrogen-bond acceptors (Lipinski definition) is 3. The summed E-state index contributed by atoms with van der Waals surface area (Å²) in [6, 6.07) is 72.2. The minimum atomic E-state index is 0.874. The smallest absolute Gasteiger partial charge is 0.143 e. The molecule has 0 fully saturated rings. The SMILES string of the molecule is c1ccc(-c2ccc(-c3ccc(N(c4ccc5sc6ccccc6c5c4)c4cccc5oc6c7ccccc7ccc6c45)cc3)c(-c3ccccc3)c2)cc1. The molecular formula is C52H33NOS. The second kappa shape index (κ2) is 12.9. The third-order valence-corrected chi connectivity index (χ3v) is 12.0. The highest BCUT2D eigenvalue weighted by Crippen LogP contribution is 2.46. The van der Waals surface area contributed by atoms with Crippen LogP contribution < -0.4 is 4.90 Å². The van der Waals surface area contributed by atoms with Crippen molar-refractivity contribution in [3.8, 4) is 33.4 Å². The summed E-state index contributed by atoms with van der Waals surface area (Å²) in [7, 11) is 0. The molecule has 0 saturated heterocycles. The molecule has 0 unspecified atom stereocenters. The molecule has 11 rings (SSSR count). The van der Waals surface area contributed by atoms with Crippen molar-refractivity contribution in [1.82, 2.24) is 0 Å². The molecule has 3 heteroatoms. The van der Waals surface area contributed by atoms with Gasteiger partial charge in [-0.25, -0.2) is 0 Å². The number of hydrogen-bond donors (Lipinski definition) is 0. The lowest BCUT2D eigenvalue weighted by Crippen LogP contribution is -2.10. The molecule has 11 aromatic rings. The van der Waals surface area contributed by atoms with Crippen LogP contribution in [0.1, 0.15) is 0 Å². The van der Waals surface area contributed by atoms with Crippen LogP contribution in [0.15, 0.2) is 205 Å². The van der Waals surface area contributed by atoms with E-state index in [2.05, 4.69) is 205 Å². The van der Waals surface area contributed by atoms with Crippen molar-refractivity contribution in [2.45, 2.75) is 0 Å². The highest BCUT2D eigenvalue weighted by molar-refractivity contribution is 7.25. The summed E-state index contributed by atoms with van der Waals surface area (Å²) in [5.41, 5.74) is 12.2. The Bertz CT molecular complexity index is 3190. The third kappa shape index (κ3) is 5.32. The van der Waals surface area contributed by atoms with Crippen LogP contribution in [0.3, 0.4) is 0 Å². The van der Waals surface area contributed by atoms with Crippen LogP contribution in [0.5, 0.6) is 0 Å². The maximum Gasteiger partial charge on any atom is 0.143 e. The molecule has 0 radical (unpaired) electrons. The number of rotatable bonds is 6. The van der Waals surface area contributed by atoms with Gasteiger partial charge < -0.3 is 9.32 Å². The van der Waals surface area contributed by atoms with Crippen LogP contribution in [-0.4, -0.2) is 0 Å². The molecule has 0 spiro atoms. The Kier molecular flexibility index (Phi) is 7.39. The van der Waals surface area contributed by atoms with Gasteiger partial charge in [0.15, 0.2) is 0 Å². The molecule has 0 aliphatic carbocycles. The number of benzene rings is 9. The fourth-order valence-corrected chi connectivity index (χ4v) is 9.34. The fourth-order valence-electron chi connectivity index (χ4n) is 8.25. The molecule has 2 heterocycles. The fraction of sp³-hybridized carbons (Fsp3) is 0. The van der Waals surface area contributed by atoms with E-state index in [1.807, 2.05) is 11.3 Å². The normalized spacial score (nSPS) is 11.6. The lowest BCUT2D eigenvalue weighted by Gasteiger charge is -2.27. The largest absolute Gasteiger partial charge is 0.455 e. The van der Waals surface area contributed by atoms with E-state index in [4.69, 9.17) is 4.42 Å². The molecule has 0 N–H and O–H groups in total. The Morgan fingerprint density at radius 3 is 1.89 bits per heavy atom. The van der Waals surface area contributed by atoms with E-state index in [-0.39, 0.29) is 0 Å². The maximum absolute atomic E-state index is 6.69. The predicted molar refractivity (Wildman–Crippen MR) is 235 cm³/mol. The summed E-state index contributed by atoms with van der Waals surface area (Å²) in [5.74, 6) is 0. The van der Waals surface area contributed by atoms with Gasteiger partial charge in [0, 0.05) is 42.3 Å². The zero-order valence-corrected chi connectivity index (χ0v) is 30.6. The standard InChI is InChI=1S/C52H33NOS/c1-3-12-34(13-4-1)38-25-29-41(45(32-38)35-14-5-2-6-15-35)37-22-26-39(27-23-37)53(40-28-31-50-46(33-40)43-18-9-10-21-49(43)55-50)47-19-11-20-48-51(47)44-30-24-36-16-7-8-17-42(36)52(44)54-48/h1-33H. The quantitative estimate of drug-likeness (QED) is 0.170. The van der Waals surface area contributed by atoms with Crippen molar-refractivity contribution in [2.24, 2.45) is 0 Å². The van der Waals surface area contributed by atoms with Crippen LogP contribution in [-0.2, 0) is 0 Å². The van der Waals surface area contributed by atoms with Crippen LogP contribution in [0, 0.1) is 0 Å². The number of anilines is 3. The van der Waals surface area contributed by atoms with Gasteiger partial charge in [0.2, 0.25) is 0 Å². The Balaban J connectivity index is 1.11. The molecule has 0 bridgehead atoms. The molecule has 0 amide bonds. The minimum absolute atomic E-state index is 0.874. The van der Waals surface area contributed by atoms with E-state index in [0.717, 1.165) is 44.4 Å². The van der Waals surface area contributed by atoms with E-state index >= 15 is 0 Å². The van der Waals surface area contributed by atoms with Crippen molar-refractivity contribution in [3.05, 3.63) is 200 Å². The van der Waals surface area contributed by atoms with Crippen molar-refractivity contribution in [3.63, 3.8) is 0 Å². The van der Waals surface area contributed by atoms with Crippen LogP contribution in [0.25, 0.3) is 86.3 Å². The zero-order valence-electron chi connectivity index (χ0n) is 29.8. The van der Waals surface area contributed by atoms with Gasteiger partial charge in [-0.3, -0.25) is 0 Å². The molecule has 0 aliphatic heterocycles. The van der Waals surface area contributed by atoms with Crippen molar-refractivity contribution in [2.75, 3.05) is 4.90 Å². The first-order chi connectivity index (χ1) is 27.3. The summed E-state index contributed by atoms with van der Waals surface area (Å²) in [5, 5.41) is 7.05. The Morgan fingerprint density at radius 2 is 1.05 bits per heavy atom. The second-order valence-corrected chi connectivity index (χ2v) is 15.2. The molecule has 0 saturated carbocycles. The first kappa shape index (κ1) is 31.6. The maximum atomic E-state index is 6.69. The second-order valence-electron chi connectivity index (χ2n) is 14.1. The number of furan rings is 1. The molecule has 0 aliphatic rings. The van der Waals surface area contributed by atoms with Crippen LogP contribution >= 0.6 is 11.3 Å². The van der Waals surface area contributed by atoms with Crippen molar-refractivity contribution < 1.29 is 4.42 Å². The molecule has 0 atom stereocenters. The van der Waals surface area contributed by atoms with Gasteiger partial charge in [-0.1, -0.05) is 140 Å². The van der Waals surface area contributed by atoms with E-state index < -0.39 is 0 Å². The highest BCUT2D eigenvalue weighted by Gasteiger charge is 2.21. The zero-order chi connectivity index (χ0) is 36.3. The number of nitrogens with zero attached hydrogens (tertiary/aromatic N) is 1. The van der Waals surface area contributed by atoms with Crippen molar-refractivity contribution >= 4 is 81.3 Å². The molecule has 258 valence electrons. The molecule has 2 aromatic heterocycles. The molecule has 9 aromatic carbocycles. The molecular weight excluding hydrogens is 687 g/mol. The predicted octanol–water partition coefficient (Wildman–Crippen LogP) is 15.6. The van der Waals surface area contributed by atoms with Gasteiger partial charge in [0.05, 0.1) is 11.1 Å².